The Bertz CT molecular complexity index is 391. The van der Waals surface area contributed by atoms with Crippen LogP contribution in [0.15, 0.2) is 24.3 Å². The highest BCUT2D eigenvalue weighted by atomic mass is 127. The maximum atomic E-state index is 11.9. The summed E-state index contributed by atoms with van der Waals surface area (Å²) in [6, 6.07) is 8.07. The number of hydrogen-bond donors (Lipinski definition) is 1. The van der Waals surface area contributed by atoms with Crippen LogP contribution in [-0.4, -0.2) is 18.5 Å². The van der Waals surface area contributed by atoms with Gasteiger partial charge in [0.25, 0.3) is 0 Å². The molecule has 2 unspecified atom stereocenters. The molecule has 16 heavy (non-hydrogen) atoms. The molecule has 1 heterocycles. The third-order valence-corrected chi connectivity index (χ3v) is 3.97. The van der Waals surface area contributed by atoms with E-state index in [4.69, 9.17) is 5.73 Å². The Balaban J connectivity index is 2.21. The second-order valence-electron chi connectivity index (χ2n) is 4.20. The lowest BCUT2D eigenvalue weighted by atomic mass is 10.1. The van der Waals surface area contributed by atoms with Crippen molar-refractivity contribution < 1.29 is 4.79 Å². The van der Waals surface area contributed by atoms with Crippen LogP contribution < -0.4 is 10.6 Å². The second-order valence-corrected chi connectivity index (χ2v) is 4.96. The first kappa shape index (κ1) is 11.9. The molecule has 1 aromatic rings. The van der Waals surface area contributed by atoms with Gasteiger partial charge in [0.05, 0.1) is 5.92 Å². The molecule has 1 amide bonds. The van der Waals surface area contributed by atoms with Crippen LogP contribution in [0.5, 0.6) is 0 Å². The summed E-state index contributed by atoms with van der Waals surface area (Å²) in [5, 5.41) is 0. The van der Waals surface area contributed by atoms with Gasteiger partial charge in [-0.1, -0.05) is 41.6 Å². The van der Waals surface area contributed by atoms with E-state index in [1.807, 2.05) is 19.1 Å². The maximum absolute atomic E-state index is 11.9. The van der Waals surface area contributed by atoms with Crippen molar-refractivity contribution in [1.82, 2.24) is 0 Å². The number of carbonyl (C=O) groups is 1. The molecular formula is C12H15IN2O. The number of halogens is 1. The van der Waals surface area contributed by atoms with Crippen molar-refractivity contribution in [3.63, 3.8) is 0 Å². The number of rotatable bonds is 2. The third-order valence-electron chi connectivity index (χ3n) is 3.09. The molecule has 2 atom stereocenters. The van der Waals surface area contributed by atoms with Gasteiger partial charge in [0.1, 0.15) is 0 Å². The monoisotopic (exact) mass is 330 g/mol. The summed E-state index contributed by atoms with van der Waals surface area (Å²) in [7, 11) is 0. The van der Waals surface area contributed by atoms with Gasteiger partial charge in [-0.15, -0.1) is 0 Å². The fraction of sp³-hybridized carbons (Fsp3) is 0.417. The van der Waals surface area contributed by atoms with Gasteiger partial charge < -0.3 is 10.6 Å². The van der Waals surface area contributed by atoms with Crippen molar-refractivity contribution in [1.29, 1.82) is 0 Å². The fourth-order valence-electron chi connectivity index (χ4n) is 1.89. The highest BCUT2D eigenvalue weighted by Crippen LogP contribution is 2.24. The van der Waals surface area contributed by atoms with Crippen LogP contribution in [0.2, 0.25) is 0 Å². The number of alkyl halides is 1. The van der Waals surface area contributed by atoms with Crippen LogP contribution in [0.4, 0.5) is 5.69 Å². The number of carbonyl (C=O) groups excluding carboxylic acids is 1. The van der Waals surface area contributed by atoms with Crippen molar-refractivity contribution in [3.8, 4) is 0 Å². The predicted molar refractivity (Wildman–Crippen MR) is 73.7 cm³/mol. The lowest BCUT2D eigenvalue weighted by molar-refractivity contribution is -0.120. The predicted octanol–water partition coefficient (Wildman–Crippen LogP) is 1.93. The van der Waals surface area contributed by atoms with Gasteiger partial charge in [-0.3, -0.25) is 4.79 Å². The summed E-state index contributed by atoms with van der Waals surface area (Å²) in [5.41, 5.74) is 8.12. The minimum Gasteiger partial charge on any atom is -0.325 e. The average molecular weight is 330 g/mol. The van der Waals surface area contributed by atoms with Gasteiger partial charge in [0.2, 0.25) is 5.91 Å². The van der Waals surface area contributed by atoms with E-state index >= 15 is 0 Å². The summed E-state index contributed by atoms with van der Waals surface area (Å²) in [4.78, 5) is 13.7. The SMILES string of the molecule is CC1C(=O)N(c2ccc(CI)cc2)CC1N. The Kier molecular flexibility index (Phi) is 3.49. The zero-order chi connectivity index (χ0) is 11.7. The molecule has 0 bridgehead atoms. The lowest BCUT2D eigenvalue weighted by Crippen LogP contribution is -2.28. The van der Waals surface area contributed by atoms with Crippen molar-refractivity contribution >= 4 is 34.2 Å². The smallest absolute Gasteiger partial charge is 0.231 e. The van der Waals surface area contributed by atoms with Crippen LogP contribution in [0.3, 0.4) is 0 Å². The molecule has 0 saturated carbocycles. The van der Waals surface area contributed by atoms with Crippen molar-refractivity contribution in [2.75, 3.05) is 11.4 Å². The molecule has 0 spiro atoms. The second kappa shape index (κ2) is 4.71. The van der Waals surface area contributed by atoms with Gasteiger partial charge >= 0.3 is 0 Å². The summed E-state index contributed by atoms with van der Waals surface area (Å²) in [6.45, 7) is 2.52. The van der Waals surface area contributed by atoms with Gasteiger partial charge in [-0.05, 0) is 17.7 Å². The third kappa shape index (κ3) is 2.08. The molecule has 4 heteroatoms. The van der Waals surface area contributed by atoms with Crippen molar-refractivity contribution in [2.24, 2.45) is 11.7 Å². The number of hydrogen-bond acceptors (Lipinski definition) is 2. The fourth-order valence-corrected chi connectivity index (χ4v) is 2.39. The van der Waals surface area contributed by atoms with E-state index in [2.05, 4.69) is 34.7 Å². The Labute approximate surface area is 109 Å². The Morgan fingerprint density at radius 2 is 2.06 bits per heavy atom. The molecule has 1 aromatic carbocycles. The van der Waals surface area contributed by atoms with E-state index in [1.165, 1.54) is 5.56 Å². The molecule has 2 rings (SSSR count). The molecule has 0 aromatic heterocycles. The Hall–Kier alpha value is -0.620. The molecule has 1 aliphatic heterocycles. The number of amides is 1. The maximum Gasteiger partial charge on any atom is 0.231 e. The van der Waals surface area contributed by atoms with Gasteiger partial charge in [0.15, 0.2) is 0 Å². The minimum absolute atomic E-state index is 0.0447. The van der Waals surface area contributed by atoms with Crippen LogP contribution in [-0.2, 0) is 9.22 Å². The summed E-state index contributed by atoms with van der Waals surface area (Å²) < 4.78 is 0.988. The molecule has 3 nitrogen and oxygen atoms in total. The van der Waals surface area contributed by atoms with Crippen LogP contribution >= 0.6 is 22.6 Å². The van der Waals surface area contributed by atoms with E-state index in [0.717, 1.165) is 10.1 Å². The van der Waals surface area contributed by atoms with E-state index in [1.54, 1.807) is 4.90 Å². The first-order valence-electron chi connectivity index (χ1n) is 5.35. The number of benzene rings is 1. The quantitative estimate of drug-likeness (QED) is 0.665. The molecule has 86 valence electrons. The average Bonchev–Trinajstić information content (AvgIpc) is 2.57. The van der Waals surface area contributed by atoms with Crippen LogP contribution in [0, 0.1) is 5.92 Å². The van der Waals surface area contributed by atoms with E-state index in [9.17, 15) is 4.79 Å². The highest BCUT2D eigenvalue weighted by molar-refractivity contribution is 14.1. The molecule has 0 radical (unpaired) electrons. The van der Waals surface area contributed by atoms with Crippen molar-refractivity contribution in [3.05, 3.63) is 29.8 Å². The number of nitrogens with zero attached hydrogens (tertiary/aromatic N) is 1. The summed E-state index contributed by atoms with van der Waals surface area (Å²) in [6.07, 6.45) is 0. The molecule has 1 saturated heterocycles. The zero-order valence-electron chi connectivity index (χ0n) is 9.19. The summed E-state index contributed by atoms with van der Waals surface area (Å²) in [5.74, 6) is 0.0685. The van der Waals surface area contributed by atoms with E-state index in [-0.39, 0.29) is 17.9 Å². The minimum atomic E-state index is -0.0655. The van der Waals surface area contributed by atoms with Crippen LogP contribution in [0.25, 0.3) is 0 Å². The topological polar surface area (TPSA) is 46.3 Å². The van der Waals surface area contributed by atoms with Gasteiger partial charge in [0, 0.05) is 22.7 Å². The van der Waals surface area contributed by atoms with Gasteiger partial charge in [-0.2, -0.15) is 0 Å². The van der Waals surface area contributed by atoms with Gasteiger partial charge in [-0.25, -0.2) is 0 Å². The van der Waals surface area contributed by atoms with Crippen LogP contribution in [0.1, 0.15) is 12.5 Å². The Morgan fingerprint density at radius 1 is 1.44 bits per heavy atom. The first-order chi connectivity index (χ1) is 7.63. The highest BCUT2D eigenvalue weighted by Gasteiger charge is 2.35. The normalized spacial score (nSPS) is 25.2. The first-order valence-corrected chi connectivity index (χ1v) is 6.88. The lowest BCUT2D eigenvalue weighted by Gasteiger charge is -2.16. The van der Waals surface area contributed by atoms with Crippen molar-refractivity contribution in [2.45, 2.75) is 17.4 Å². The molecular weight excluding hydrogens is 315 g/mol. The standard InChI is InChI=1S/C12H15IN2O/c1-8-11(14)7-15(12(8)16)10-4-2-9(6-13)3-5-10/h2-5,8,11H,6-7,14H2,1H3. The largest absolute Gasteiger partial charge is 0.325 e. The van der Waals surface area contributed by atoms with E-state index in [0.29, 0.717) is 6.54 Å². The molecule has 1 fully saturated rings. The zero-order valence-corrected chi connectivity index (χ0v) is 11.3. The Morgan fingerprint density at radius 3 is 2.50 bits per heavy atom. The molecule has 0 aliphatic carbocycles. The number of nitrogens with two attached hydrogens (primary N) is 1. The number of anilines is 1. The van der Waals surface area contributed by atoms with E-state index < -0.39 is 0 Å². The molecule has 1 aliphatic rings. The summed E-state index contributed by atoms with van der Waals surface area (Å²) >= 11 is 2.32. The molecule has 2 N–H and O–H groups in total.